The van der Waals surface area contributed by atoms with E-state index in [1.807, 2.05) is 30.3 Å². The Morgan fingerprint density at radius 1 is 1.29 bits per heavy atom. The maximum atomic E-state index is 11.1. The molecule has 0 fully saturated rings. The van der Waals surface area contributed by atoms with E-state index < -0.39 is 7.82 Å². The summed E-state index contributed by atoms with van der Waals surface area (Å²) < 4.78 is 20.4. The molecule has 0 saturated heterocycles. The van der Waals surface area contributed by atoms with Crippen LogP contribution < -0.4 is 0 Å². The maximum absolute atomic E-state index is 11.1. The first-order valence-corrected chi connectivity index (χ1v) is 5.79. The van der Waals surface area contributed by atoms with Gasteiger partial charge in [-0.05, 0) is 12.5 Å². The summed E-state index contributed by atoms with van der Waals surface area (Å²) in [5.74, 6) is 0. The average molecular weight is 216 g/mol. The molecule has 0 aliphatic rings. The molecule has 0 bridgehead atoms. The Morgan fingerprint density at radius 3 is 2.50 bits per heavy atom. The fourth-order valence-electron chi connectivity index (χ4n) is 0.931. The minimum absolute atomic E-state index is 0.0780. The highest BCUT2D eigenvalue weighted by atomic mass is 31.2. The fourth-order valence-corrected chi connectivity index (χ4v) is 1.64. The Morgan fingerprint density at radius 2 is 1.93 bits per heavy atom. The predicted octanol–water partition coefficient (Wildman–Crippen LogP) is 2.34. The molecule has 78 valence electrons. The lowest BCUT2D eigenvalue weighted by Crippen LogP contribution is -1.95. The molecule has 1 aromatic carbocycles. The standard InChI is InChI=1S/C9H13O4P/c1-2-12-14(10,11)13-8-9-6-4-3-5-7-9/h3-7H,2,8H2,1H3,(H,10,11). The number of benzene rings is 1. The van der Waals surface area contributed by atoms with Crippen molar-refractivity contribution in [3.8, 4) is 0 Å². The van der Waals surface area contributed by atoms with Crippen LogP contribution in [0.3, 0.4) is 0 Å². The lowest BCUT2D eigenvalue weighted by atomic mass is 10.2. The average Bonchev–Trinajstić information content (AvgIpc) is 2.17. The largest absolute Gasteiger partial charge is 0.472 e. The SMILES string of the molecule is CCOP(=O)(O)OCc1ccccc1. The second-order valence-electron chi connectivity index (χ2n) is 2.65. The Kier molecular flexibility index (Phi) is 4.29. The van der Waals surface area contributed by atoms with Crippen LogP contribution in [0.2, 0.25) is 0 Å². The molecule has 0 heterocycles. The number of rotatable bonds is 5. The second kappa shape index (κ2) is 5.27. The van der Waals surface area contributed by atoms with Crippen molar-refractivity contribution in [2.45, 2.75) is 13.5 Å². The van der Waals surface area contributed by atoms with Gasteiger partial charge in [-0.2, -0.15) is 0 Å². The van der Waals surface area contributed by atoms with Gasteiger partial charge in [0.25, 0.3) is 0 Å². The van der Waals surface area contributed by atoms with Crippen molar-refractivity contribution in [1.29, 1.82) is 0 Å². The smallest absolute Gasteiger partial charge is 0.302 e. The molecule has 0 amide bonds. The van der Waals surface area contributed by atoms with E-state index in [2.05, 4.69) is 4.52 Å². The molecule has 0 aromatic heterocycles. The molecular weight excluding hydrogens is 203 g/mol. The van der Waals surface area contributed by atoms with Gasteiger partial charge in [-0.25, -0.2) is 4.57 Å². The van der Waals surface area contributed by atoms with Crippen LogP contribution in [0.5, 0.6) is 0 Å². The summed E-state index contributed by atoms with van der Waals surface area (Å²) in [6, 6.07) is 9.16. The van der Waals surface area contributed by atoms with Crippen LogP contribution in [-0.4, -0.2) is 11.5 Å². The van der Waals surface area contributed by atoms with E-state index in [9.17, 15) is 4.57 Å². The van der Waals surface area contributed by atoms with E-state index in [1.165, 1.54) is 0 Å². The number of phosphoric acid groups is 1. The van der Waals surface area contributed by atoms with Gasteiger partial charge < -0.3 is 4.89 Å². The van der Waals surface area contributed by atoms with E-state index in [4.69, 9.17) is 9.42 Å². The first-order valence-electron chi connectivity index (χ1n) is 4.30. The van der Waals surface area contributed by atoms with Crippen LogP contribution in [0.25, 0.3) is 0 Å². The molecular formula is C9H13O4P. The van der Waals surface area contributed by atoms with Gasteiger partial charge in [0.1, 0.15) is 0 Å². The summed E-state index contributed by atoms with van der Waals surface area (Å²) in [5.41, 5.74) is 0.835. The molecule has 0 radical (unpaired) electrons. The van der Waals surface area contributed by atoms with Crippen LogP contribution in [0.1, 0.15) is 12.5 Å². The van der Waals surface area contributed by atoms with Gasteiger partial charge in [-0.1, -0.05) is 30.3 Å². The zero-order chi connectivity index (χ0) is 10.4. The highest BCUT2D eigenvalue weighted by Crippen LogP contribution is 2.43. The second-order valence-corrected chi connectivity index (χ2v) is 4.10. The molecule has 1 unspecified atom stereocenters. The van der Waals surface area contributed by atoms with E-state index in [0.29, 0.717) is 0 Å². The van der Waals surface area contributed by atoms with Gasteiger partial charge in [0.15, 0.2) is 0 Å². The van der Waals surface area contributed by atoms with Crippen molar-refractivity contribution >= 4 is 7.82 Å². The van der Waals surface area contributed by atoms with Crippen molar-refractivity contribution in [2.75, 3.05) is 6.61 Å². The summed E-state index contributed by atoms with van der Waals surface area (Å²) in [4.78, 5) is 9.09. The minimum Gasteiger partial charge on any atom is -0.302 e. The van der Waals surface area contributed by atoms with Crippen LogP contribution in [0.15, 0.2) is 30.3 Å². The molecule has 14 heavy (non-hydrogen) atoms. The summed E-state index contributed by atoms with van der Waals surface area (Å²) in [5, 5.41) is 0. The normalized spacial score (nSPS) is 15.0. The first kappa shape index (κ1) is 11.4. The van der Waals surface area contributed by atoms with Gasteiger partial charge in [0.2, 0.25) is 0 Å². The molecule has 0 aliphatic carbocycles. The summed E-state index contributed by atoms with van der Waals surface area (Å²) in [7, 11) is -3.86. The van der Waals surface area contributed by atoms with Crippen LogP contribution in [-0.2, 0) is 20.2 Å². The van der Waals surface area contributed by atoms with Gasteiger partial charge in [0, 0.05) is 0 Å². The molecule has 1 rings (SSSR count). The van der Waals surface area contributed by atoms with Crippen molar-refractivity contribution in [3.63, 3.8) is 0 Å². The molecule has 0 saturated carbocycles. The maximum Gasteiger partial charge on any atom is 0.472 e. The zero-order valence-corrected chi connectivity index (χ0v) is 8.81. The molecule has 0 spiro atoms. The molecule has 1 aromatic rings. The number of hydrogen-bond donors (Lipinski definition) is 1. The Bertz CT molecular complexity index is 312. The first-order chi connectivity index (χ1) is 6.64. The Balaban J connectivity index is 2.45. The highest BCUT2D eigenvalue weighted by molar-refractivity contribution is 7.47. The topological polar surface area (TPSA) is 55.8 Å². The minimum atomic E-state index is -3.86. The van der Waals surface area contributed by atoms with Gasteiger partial charge in [-0.15, -0.1) is 0 Å². The number of hydrogen-bond acceptors (Lipinski definition) is 3. The lowest BCUT2D eigenvalue weighted by Gasteiger charge is -2.10. The summed E-state index contributed by atoms with van der Waals surface area (Å²) >= 11 is 0. The van der Waals surface area contributed by atoms with E-state index in [0.717, 1.165) is 5.56 Å². The van der Waals surface area contributed by atoms with Crippen molar-refractivity contribution in [2.24, 2.45) is 0 Å². The summed E-state index contributed by atoms with van der Waals surface area (Å²) in [6.07, 6.45) is 0. The van der Waals surface area contributed by atoms with Crippen LogP contribution in [0, 0.1) is 0 Å². The fraction of sp³-hybridized carbons (Fsp3) is 0.333. The highest BCUT2D eigenvalue weighted by Gasteiger charge is 2.19. The van der Waals surface area contributed by atoms with E-state index in [-0.39, 0.29) is 13.2 Å². The van der Waals surface area contributed by atoms with Crippen molar-refractivity contribution < 1.29 is 18.5 Å². The van der Waals surface area contributed by atoms with Gasteiger partial charge >= 0.3 is 7.82 Å². The molecule has 5 heteroatoms. The molecule has 4 nitrogen and oxygen atoms in total. The molecule has 0 aliphatic heterocycles. The lowest BCUT2D eigenvalue weighted by molar-refractivity contribution is 0.149. The zero-order valence-electron chi connectivity index (χ0n) is 7.92. The third kappa shape index (κ3) is 4.03. The van der Waals surface area contributed by atoms with Crippen molar-refractivity contribution in [1.82, 2.24) is 0 Å². The predicted molar refractivity (Wildman–Crippen MR) is 52.7 cm³/mol. The van der Waals surface area contributed by atoms with E-state index >= 15 is 0 Å². The Hall–Kier alpha value is -0.670. The van der Waals surface area contributed by atoms with Gasteiger partial charge in [-0.3, -0.25) is 9.05 Å². The quantitative estimate of drug-likeness (QED) is 0.767. The molecule has 1 atom stereocenters. The number of phosphoric ester groups is 1. The van der Waals surface area contributed by atoms with Crippen molar-refractivity contribution in [3.05, 3.63) is 35.9 Å². The monoisotopic (exact) mass is 216 g/mol. The third-order valence-electron chi connectivity index (χ3n) is 1.53. The van der Waals surface area contributed by atoms with E-state index in [1.54, 1.807) is 6.92 Å². The van der Waals surface area contributed by atoms with Crippen LogP contribution in [0.4, 0.5) is 0 Å². The Labute approximate surface area is 83.1 Å². The molecule has 1 N–H and O–H groups in total. The summed E-state index contributed by atoms with van der Waals surface area (Å²) in [6.45, 7) is 1.87. The van der Waals surface area contributed by atoms with Gasteiger partial charge in [0.05, 0.1) is 13.2 Å². The third-order valence-corrected chi connectivity index (χ3v) is 2.57. The van der Waals surface area contributed by atoms with Crippen LogP contribution >= 0.6 is 7.82 Å².